The van der Waals surface area contributed by atoms with E-state index in [1.807, 2.05) is 18.2 Å². The molecule has 0 aliphatic heterocycles. The molecule has 0 saturated heterocycles. The lowest BCUT2D eigenvalue weighted by molar-refractivity contribution is -0.116. The van der Waals surface area contributed by atoms with Crippen LogP contribution in [0, 0.1) is 11.3 Å². The van der Waals surface area contributed by atoms with E-state index in [0.29, 0.717) is 30.8 Å². The van der Waals surface area contributed by atoms with E-state index in [9.17, 15) is 9.59 Å². The fraction of sp³-hybridized carbons (Fsp3) is 0.190. The summed E-state index contributed by atoms with van der Waals surface area (Å²) in [6.07, 6.45) is 3.77. The first-order valence-corrected chi connectivity index (χ1v) is 9.47. The Hall–Kier alpha value is -3.11. The lowest BCUT2D eigenvalue weighted by atomic mass is 10.2. The van der Waals surface area contributed by atoms with Gasteiger partial charge in [-0.15, -0.1) is 0 Å². The summed E-state index contributed by atoms with van der Waals surface area (Å²) in [5.41, 5.74) is 1.44. The van der Waals surface area contributed by atoms with Gasteiger partial charge in [0, 0.05) is 29.2 Å². The van der Waals surface area contributed by atoms with E-state index in [4.69, 9.17) is 10.00 Å². The van der Waals surface area contributed by atoms with Crippen LogP contribution in [0.5, 0.6) is 5.75 Å². The van der Waals surface area contributed by atoms with Gasteiger partial charge in [-0.2, -0.15) is 5.26 Å². The summed E-state index contributed by atoms with van der Waals surface area (Å²) in [5.74, 6) is 0.262. The number of nitriles is 1. The number of nitrogens with one attached hydrogen (secondary N) is 2. The lowest BCUT2D eigenvalue weighted by Gasteiger charge is -2.06. The zero-order valence-corrected chi connectivity index (χ0v) is 16.7. The largest absolute Gasteiger partial charge is 0.479 e. The molecule has 0 saturated carbocycles. The van der Waals surface area contributed by atoms with Crippen molar-refractivity contribution < 1.29 is 14.3 Å². The maximum absolute atomic E-state index is 11.9. The number of benzene rings is 2. The minimum Gasteiger partial charge on any atom is -0.479 e. The molecule has 0 atom stereocenters. The number of carbonyl (C=O) groups excluding carboxylic acids is 2. The second-order valence-electron chi connectivity index (χ2n) is 5.76. The molecule has 0 aliphatic rings. The summed E-state index contributed by atoms with van der Waals surface area (Å²) in [5, 5.41) is 14.1. The Morgan fingerprint density at radius 2 is 1.71 bits per heavy atom. The maximum atomic E-state index is 11.9. The summed E-state index contributed by atoms with van der Waals surface area (Å²) in [6, 6.07) is 16.1. The van der Waals surface area contributed by atoms with Gasteiger partial charge in [0.25, 0.3) is 5.91 Å². The SMILES string of the molecule is N#CCOc1ccc(/C=C/C(=O)NCCCNC(=O)c2ccc(Br)cc2)cc1. The van der Waals surface area contributed by atoms with Crippen molar-refractivity contribution in [2.45, 2.75) is 6.42 Å². The highest BCUT2D eigenvalue weighted by atomic mass is 79.9. The molecule has 7 heteroatoms. The molecule has 0 fully saturated rings. The third-order valence-electron chi connectivity index (χ3n) is 3.66. The van der Waals surface area contributed by atoms with Crippen LogP contribution in [-0.2, 0) is 4.79 Å². The summed E-state index contributed by atoms with van der Waals surface area (Å²) >= 11 is 3.33. The van der Waals surface area contributed by atoms with Crippen LogP contribution in [0.1, 0.15) is 22.3 Å². The smallest absolute Gasteiger partial charge is 0.251 e. The third-order valence-corrected chi connectivity index (χ3v) is 4.18. The van der Waals surface area contributed by atoms with Crippen molar-refractivity contribution >= 4 is 33.8 Å². The molecule has 2 aromatic carbocycles. The Morgan fingerprint density at radius 3 is 2.39 bits per heavy atom. The molecule has 6 nitrogen and oxygen atoms in total. The number of nitrogens with zero attached hydrogens (tertiary/aromatic N) is 1. The zero-order valence-electron chi connectivity index (χ0n) is 15.2. The predicted molar refractivity (Wildman–Crippen MR) is 111 cm³/mol. The predicted octanol–water partition coefficient (Wildman–Crippen LogP) is 3.30. The van der Waals surface area contributed by atoms with Gasteiger partial charge in [-0.1, -0.05) is 28.1 Å². The van der Waals surface area contributed by atoms with Gasteiger partial charge in [-0.25, -0.2) is 0 Å². The Bertz CT molecular complexity index is 856. The molecule has 0 bridgehead atoms. The first kappa shape index (κ1) is 21.2. The third kappa shape index (κ3) is 7.64. The molecular formula is C21H20BrN3O3. The Morgan fingerprint density at radius 1 is 1.04 bits per heavy atom. The zero-order chi connectivity index (χ0) is 20.2. The topological polar surface area (TPSA) is 91.2 Å². The number of ether oxygens (including phenoxy) is 1. The molecule has 0 aliphatic carbocycles. The van der Waals surface area contributed by atoms with E-state index in [2.05, 4.69) is 26.6 Å². The van der Waals surface area contributed by atoms with E-state index < -0.39 is 0 Å². The minimum absolute atomic E-state index is 0.00117. The van der Waals surface area contributed by atoms with Crippen LogP contribution in [0.15, 0.2) is 59.1 Å². The second kappa shape index (κ2) is 11.6. The van der Waals surface area contributed by atoms with Gasteiger partial charge in [0.15, 0.2) is 6.61 Å². The van der Waals surface area contributed by atoms with E-state index in [1.54, 1.807) is 42.5 Å². The van der Waals surface area contributed by atoms with Crippen LogP contribution in [0.3, 0.4) is 0 Å². The number of carbonyl (C=O) groups is 2. The Labute approximate surface area is 172 Å². The van der Waals surface area contributed by atoms with Crippen molar-refractivity contribution in [3.63, 3.8) is 0 Å². The Kier molecular flexibility index (Phi) is 8.76. The number of halogens is 1. The van der Waals surface area contributed by atoms with Gasteiger partial charge in [-0.3, -0.25) is 9.59 Å². The van der Waals surface area contributed by atoms with Gasteiger partial charge >= 0.3 is 0 Å². The number of hydrogen-bond donors (Lipinski definition) is 2. The van der Waals surface area contributed by atoms with Crippen molar-refractivity contribution in [3.05, 3.63) is 70.2 Å². The van der Waals surface area contributed by atoms with Crippen molar-refractivity contribution in [1.82, 2.24) is 10.6 Å². The summed E-state index contributed by atoms with van der Waals surface area (Å²) in [6.45, 7) is 0.939. The monoisotopic (exact) mass is 441 g/mol. The van der Waals surface area contributed by atoms with E-state index in [1.165, 1.54) is 6.08 Å². The molecule has 0 radical (unpaired) electrons. The van der Waals surface area contributed by atoms with Crippen molar-refractivity contribution in [3.8, 4) is 11.8 Å². The summed E-state index contributed by atoms with van der Waals surface area (Å²) < 4.78 is 6.09. The minimum atomic E-state index is -0.205. The van der Waals surface area contributed by atoms with Crippen LogP contribution >= 0.6 is 15.9 Å². The highest BCUT2D eigenvalue weighted by Crippen LogP contribution is 2.13. The van der Waals surface area contributed by atoms with Crippen LogP contribution in [0.25, 0.3) is 6.08 Å². The van der Waals surface area contributed by atoms with Crippen LogP contribution in [0.2, 0.25) is 0 Å². The van der Waals surface area contributed by atoms with Crippen LogP contribution in [-0.4, -0.2) is 31.5 Å². The molecule has 0 unspecified atom stereocenters. The van der Waals surface area contributed by atoms with Gasteiger partial charge in [0.1, 0.15) is 11.8 Å². The van der Waals surface area contributed by atoms with Gasteiger partial charge < -0.3 is 15.4 Å². The Balaban J connectivity index is 1.64. The quantitative estimate of drug-likeness (QED) is 0.461. The standard InChI is InChI=1S/C21H20BrN3O3/c22-18-7-5-17(6-8-18)21(27)25-14-1-13-24-20(26)11-4-16-2-9-19(10-3-16)28-15-12-23/h2-11H,1,13-15H2,(H,24,26)(H,25,27)/b11-4+. The fourth-order valence-electron chi connectivity index (χ4n) is 2.23. The molecule has 0 spiro atoms. The normalized spacial score (nSPS) is 10.3. The first-order chi connectivity index (χ1) is 13.6. The van der Waals surface area contributed by atoms with Gasteiger partial charge in [0.2, 0.25) is 5.91 Å². The van der Waals surface area contributed by atoms with Gasteiger partial charge in [0.05, 0.1) is 0 Å². The van der Waals surface area contributed by atoms with E-state index in [-0.39, 0.29) is 18.4 Å². The fourth-order valence-corrected chi connectivity index (χ4v) is 2.49. The van der Waals surface area contributed by atoms with Crippen molar-refractivity contribution in [2.24, 2.45) is 0 Å². The van der Waals surface area contributed by atoms with E-state index in [0.717, 1.165) is 10.0 Å². The van der Waals surface area contributed by atoms with Crippen molar-refractivity contribution in [1.29, 1.82) is 5.26 Å². The highest BCUT2D eigenvalue weighted by molar-refractivity contribution is 9.10. The molecule has 2 rings (SSSR count). The molecular weight excluding hydrogens is 422 g/mol. The average molecular weight is 442 g/mol. The average Bonchev–Trinajstić information content (AvgIpc) is 2.71. The number of hydrogen-bond acceptors (Lipinski definition) is 4. The molecule has 0 aromatic heterocycles. The van der Waals surface area contributed by atoms with Gasteiger partial charge in [-0.05, 0) is 54.5 Å². The number of rotatable bonds is 9. The maximum Gasteiger partial charge on any atom is 0.251 e. The molecule has 2 N–H and O–H groups in total. The molecule has 2 aromatic rings. The molecule has 144 valence electrons. The second-order valence-corrected chi connectivity index (χ2v) is 6.67. The molecule has 28 heavy (non-hydrogen) atoms. The lowest BCUT2D eigenvalue weighted by Crippen LogP contribution is -2.29. The van der Waals surface area contributed by atoms with E-state index >= 15 is 0 Å². The summed E-state index contributed by atoms with van der Waals surface area (Å²) in [7, 11) is 0. The number of amides is 2. The van der Waals surface area contributed by atoms with Crippen molar-refractivity contribution in [2.75, 3.05) is 19.7 Å². The highest BCUT2D eigenvalue weighted by Gasteiger charge is 2.04. The van der Waals surface area contributed by atoms with Crippen LogP contribution < -0.4 is 15.4 Å². The summed E-state index contributed by atoms with van der Waals surface area (Å²) in [4.78, 5) is 23.8. The molecule has 2 amide bonds. The molecule has 0 heterocycles. The first-order valence-electron chi connectivity index (χ1n) is 8.68. The van der Waals surface area contributed by atoms with Crippen LogP contribution in [0.4, 0.5) is 0 Å².